The van der Waals surface area contributed by atoms with E-state index in [0.29, 0.717) is 13.2 Å². The highest BCUT2D eigenvalue weighted by Gasteiger charge is 2.32. The van der Waals surface area contributed by atoms with Crippen molar-refractivity contribution < 1.29 is 9.47 Å². The van der Waals surface area contributed by atoms with Crippen molar-refractivity contribution in [3.63, 3.8) is 0 Å². The first-order valence-corrected chi connectivity index (χ1v) is 6.72. The van der Waals surface area contributed by atoms with Crippen LogP contribution in [-0.4, -0.2) is 19.2 Å². The van der Waals surface area contributed by atoms with Crippen molar-refractivity contribution in [3.05, 3.63) is 15.6 Å². The Hall–Kier alpha value is -0.490. The number of rotatable bonds is 7. The number of hydrogen-bond acceptors (Lipinski definition) is 5. The summed E-state index contributed by atoms with van der Waals surface area (Å²) in [5.74, 6) is 0. The van der Waals surface area contributed by atoms with Gasteiger partial charge in [0.2, 0.25) is 0 Å². The van der Waals surface area contributed by atoms with E-state index in [0.717, 1.165) is 28.4 Å². The Morgan fingerprint density at radius 1 is 1.29 bits per heavy atom. The van der Waals surface area contributed by atoms with Gasteiger partial charge in [0.1, 0.15) is 10.6 Å². The highest BCUT2D eigenvalue weighted by Crippen LogP contribution is 2.36. The van der Waals surface area contributed by atoms with Gasteiger partial charge in [0.05, 0.1) is 12.3 Å². The number of nitrogens with zero attached hydrogens (tertiary/aromatic N) is 1. The first-order chi connectivity index (χ1) is 8.17. The number of methoxy groups -OCH3 is 2. The Bertz CT molecular complexity index is 340. The van der Waals surface area contributed by atoms with E-state index in [9.17, 15) is 0 Å². The summed E-state index contributed by atoms with van der Waals surface area (Å²) in [6.45, 7) is 5.25. The molecule has 0 radical (unpaired) electrons. The smallest absolute Gasteiger partial charge is 0.125 e. The van der Waals surface area contributed by atoms with Gasteiger partial charge in [-0.05, 0) is 12.8 Å². The Kier molecular flexibility index (Phi) is 5.52. The van der Waals surface area contributed by atoms with Crippen molar-refractivity contribution in [2.45, 2.75) is 45.4 Å². The van der Waals surface area contributed by atoms with Crippen molar-refractivity contribution in [2.24, 2.45) is 5.73 Å². The van der Waals surface area contributed by atoms with Crippen LogP contribution in [0, 0.1) is 0 Å². The SMILES string of the molecule is CCC(CC)(OC)c1nc(COC)c(CN)s1. The van der Waals surface area contributed by atoms with Gasteiger partial charge >= 0.3 is 0 Å². The second-order valence-electron chi connectivity index (χ2n) is 3.93. The number of nitrogens with two attached hydrogens (primary N) is 1. The molecule has 17 heavy (non-hydrogen) atoms. The molecule has 0 aliphatic heterocycles. The van der Waals surface area contributed by atoms with Gasteiger partial charge in [0, 0.05) is 25.6 Å². The minimum absolute atomic E-state index is 0.277. The van der Waals surface area contributed by atoms with Crippen LogP contribution in [0.5, 0.6) is 0 Å². The zero-order chi connectivity index (χ0) is 12.9. The molecule has 0 fully saturated rings. The third-order valence-corrected chi connectivity index (χ3v) is 4.47. The van der Waals surface area contributed by atoms with E-state index in [-0.39, 0.29) is 5.60 Å². The van der Waals surface area contributed by atoms with E-state index in [2.05, 4.69) is 18.8 Å². The highest BCUT2D eigenvalue weighted by atomic mass is 32.1. The average Bonchev–Trinajstić information content (AvgIpc) is 2.76. The molecule has 0 unspecified atom stereocenters. The fourth-order valence-corrected chi connectivity index (χ4v) is 3.17. The monoisotopic (exact) mass is 258 g/mol. The number of ether oxygens (including phenoxy) is 2. The van der Waals surface area contributed by atoms with E-state index in [4.69, 9.17) is 15.2 Å². The van der Waals surface area contributed by atoms with Gasteiger partial charge in [-0.1, -0.05) is 13.8 Å². The quantitative estimate of drug-likeness (QED) is 0.816. The van der Waals surface area contributed by atoms with Crippen molar-refractivity contribution in [1.29, 1.82) is 0 Å². The molecule has 0 saturated carbocycles. The lowest BCUT2D eigenvalue weighted by Gasteiger charge is -2.27. The normalized spacial score (nSPS) is 12.1. The lowest BCUT2D eigenvalue weighted by molar-refractivity contribution is -0.0221. The number of aromatic nitrogens is 1. The van der Waals surface area contributed by atoms with E-state index < -0.39 is 0 Å². The predicted octanol–water partition coefficient (Wildman–Crippen LogP) is 2.41. The standard InChI is InChI=1S/C12H22N2O2S/c1-5-12(6-2,16-4)11-14-9(8-15-3)10(7-13)17-11/h5-8,13H2,1-4H3. The molecular weight excluding hydrogens is 236 g/mol. The third-order valence-electron chi connectivity index (χ3n) is 3.17. The Morgan fingerprint density at radius 3 is 2.35 bits per heavy atom. The van der Waals surface area contributed by atoms with E-state index in [1.807, 2.05) is 0 Å². The van der Waals surface area contributed by atoms with Gasteiger partial charge in [0.15, 0.2) is 0 Å². The highest BCUT2D eigenvalue weighted by molar-refractivity contribution is 7.11. The van der Waals surface area contributed by atoms with Gasteiger partial charge < -0.3 is 15.2 Å². The third kappa shape index (κ3) is 2.85. The summed E-state index contributed by atoms with van der Waals surface area (Å²) in [5, 5.41) is 1.01. The minimum Gasteiger partial charge on any atom is -0.378 e. The fraction of sp³-hybridized carbons (Fsp3) is 0.750. The van der Waals surface area contributed by atoms with Crippen molar-refractivity contribution in [3.8, 4) is 0 Å². The van der Waals surface area contributed by atoms with Crippen LogP contribution in [0.15, 0.2) is 0 Å². The Labute approximate surface area is 107 Å². The molecule has 0 aromatic carbocycles. The lowest BCUT2D eigenvalue weighted by atomic mass is 9.98. The van der Waals surface area contributed by atoms with Gasteiger partial charge in [-0.2, -0.15) is 0 Å². The lowest BCUT2D eigenvalue weighted by Crippen LogP contribution is -2.26. The molecule has 1 rings (SSSR count). The molecule has 0 spiro atoms. The Balaban J connectivity index is 3.12. The predicted molar refractivity (Wildman–Crippen MR) is 70.0 cm³/mol. The van der Waals surface area contributed by atoms with Crippen LogP contribution in [-0.2, 0) is 28.2 Å². The molecule has 0 aliphatic rings. The molecule has 1 aromatic heterocycles. The first-order valence-electron chi connectivity index (χ1n) is 5.90. The van der Waals surface area contributed by atoms with Crippen LogP contribution in [0.2, 0.25) is 0 Å². The molecule has 4 nitrogen and oxygen atoms in total. The van der Waals surface area contributed by atoms with Gasteiger partial charge in [-0.25, -0.2) is 4.98 Å². The average molecular weight is 258 g/mol. The molecule has 1 aromatic rings. The van der Waals surface area contributed by atoms with Crippen molar-refractivity contribution in [2.75, 3.05) is 14.2 Å². The summed E-state index contributed by atoms with van der Waals surface area (Å²) in [6.07, 6.45) is 1.81. The largest absolute Gasteiger partial charge is 0.378 e. The fourth-order valence-electron chi connectivity index (χ4n) is 1.92. The van der Waals surface area contributed by atoms with E-state index in [1.165, 1.54) is 0 Å². The van der Waals surface area contributed by atoms with Crippen LogP contribution < -0.4 is 5.73 Å². The molecule has 2 N–H and O–H groups in total. The maximum atomic E-state index is 5.74. The van der Waals surface area contributed by atoms with E-state index in [1.54, 1.807) is 25.6 Å². The van der Waals surface area contributed by atoms with E-state index >= 15 is 0 Å². The zero-order valence-corrected chi connectivity index (χ0v) is 11.9. The topological polar surface area (TPSA) is 57.4 Å². The molecule has 0 bridgehead atoms. The molecule has 5 heteroatoms. The molecule has 98 valence electrons. The molecule has 0 aliphatic carbocycles. The second kappa shape index (κ2) is 6.44. The summed E-state index contributed by atoms with van der Waals surface area (Å²) in [7, 11) is 3.41. The summed E-state index contributed by atoms with van der Waals surface area (Å²) in [4.78, 5) is 5.73. The van der Waals surface area contributed by atoms with Crippen LogP contribution in [0.4, 0.5) is 0 Å². The van der Waals surface area contributed by atoms with Crippen LogP contribution in [0.25, 0.3) is 0 Å². The van der Waals surface area contributed by atoms with Gasteiger partial charge in [-0.3, -0.25) is 0 Å². The first kappa shape index (κ1) is 14.6. The minimum atomic E-state index is -0.277. The summed E-state index contributed by atoms with van der Waals surface area (Å²) in [6, 6.07) is 0. The molecule has 1 heterocycles. The maximum Gasteiger partial charge on any atom is 0.125 e. The number of hydrogen-bond donors (Lipinski definition) is 1. The zero-order valence-electron chi connectivity index (χ0n) is 11.1. The summed E-state index contributed by atoms with van der Waals surface area (Å²) in [5.41, 5.74) is 6.40. The van der Waals surface area contributed by atoms with Gasteiger partial charge in [-0.15, -0.1) is 11.3 Å². The molecular formula is C12H22N2O2S. The Morgan fingerprint density at radius 2 is 1.94 bits per heavy atom. The van der Waals surface area contributed by atoms with Crippen molar-refractivity contribution in [1.82, 2.24) is 4.98 Å². The summed E-state index contributed by atoms with van der Waals surface area (Å²) < 4.78 is 10.8. The van der Waals surface area contributed by atoms with Gasteiger partial charge in [0.25, 0.3) is 0 Å². The summed E-state index contributed by atoms with van der Waals surface area (Å²) >= 11 is 1.64. The van der Waals surface area contributed by atoms with Crippen LogP contribution >= 0.6 is 11.3 Å². The van der Waals surface area contributed by atoms with Crippen LogP contribution in [0.3, 0.4) is 0 Å². The maximum absolute atomic E-state index is 5.74. The van der Waals surface area contributed by atoms with Crippen LogP contribution in [0.1, 0.15) is 42.3 Å². The molecule has 0 saturated heterocycles. The molecule has 0 amide bonds. The second-order valence-corrected chi connectivity index (χ2v) is 5.02. The van der Waals surface area contributed by atoms with Crippen molar-refractivity contribution >= 4 is 11.3 Å². The molecule has 0 atom stereocenters. The number of thiazole rings is 1.